The maximum Gasteiger partial charge on any atom is 0.147 e. The van der Waals surface area contributed by atoms with Gasteiger partial charge in [0.25, 0.3) is 0 Å². The molecule has 0 fully saturated rings. The van der Waals surface area contributed by atoms with Gasteiger partial charge in [-0.2, -0.15) is 0 Å². The first kappa shape index (κ1) is 16.9. The number of sulfone groups is 1. The molecule has 1 N–H and O–H groups in total. The van der Waals surface area contributed by atoms with Crippen molar-refractivity contribution in [2.75, 3.05) is 25.7 Å². The van der Waals surface area contributed by atoms with Crippen molar-refractivity contribution in [3.63, 3.8) is 0 Å². The van der Waals surface area contributed by atoms with Crippen LogP contribution in [0.2, 0.25) is 0 Å². The van der Waals surface area contributed by atoms with Gasteiger partial charge in [0, 0.05) is 25.2 Å². The molecule has 0 aromatic carbocycles. The zero-order valence-electron chi connectivity index (χ0n) is 11.7. The number of rotatable bonds is 9. The molecule has 0 aromatic rings. The summed E-state index contributed by atoms with van der Waals surface area (Å²) in [6, 6.07) is 0.316. The predicted octanol–water partition coefficient (Wildman–Crippen LogP) is 1.60. The van der Waals surface area contributed by atoms with Gasteiger partial charge < -0.3 is 10.1 Å². The van der Waals surface area contributed by atoms with Gasteiger partial charge in [-0.3, -0.25) is 0 Å². The molecule has 5 heteroatoms. The highest BCUT2D eigenvalue weighted by atomic mass is 32.2. The number of nitrogens with one attached hydrogen (secondary N) is 1. The van der Waals surface area contributed by atoms with Gasteiger partial charge in [-0.25, -0.2) is 8.42 Å². The average molecular weight is 265 g/mol. The zero-order chi connectivity index (χ0) is 13.5. The van der Waals surface area contributed by atoms with Crippen molar-refractivity contribution in [2.45, 2.75) is 51.7 Å². The van der Waals surface area contributed by atoms with E-state index in [9.17, 15) is 8.42 Å². The Hall–Kier alpha value is -0.130. The van der Waals surface area contributed by atoms with Gasteiger partial charge in [-0.1, -0.05) is 6.92 Å². The molecule has 17 heavy (non-hydrogen) atoms. The van der Waals surface area contributed by atoms with E-state index in [1.165, 1.54) is 6.26 Å². The van der Waals surface area contributed by atoms with Gasteiger partial charge in [-0.05, 0) is 39.7 Å². The minimum absolute atomic E-state index is 0.169. The molecule has 0 rings (SSSR count). The summed E-state index contributed by atoms with van der Waals surface area (Å²) in [5, 5.41) is 3.38. The van der Waals surface area contributed by atoms with E-state index in [1.807, 2.05) is 13.8 Å². The van der Waals surface area contributed by atoms with Crippen molar-refractivity contribution >= 4 is 9.84 Å². The van der Waals surface area contributed by atoms with Crippen molar-refractivity contribution in [1.29, 1.82) is 0 Å². The summed E-state index contributed by atoms with van der Waals surface area (Å²) in [4.78, 5) is 0. The summed E-state index contributed by atoms with van der Waals surface area (Å²) in [7, 11) is -1.14. The third-order valence-corrected chi connectivity index (χ3v) is 3.88. The lowest BCUT2D eigenvalue weighted by atomic mass is 9.96. The van der Waals surface area contributed by atoms with Crippen molar-refractivity contribution < 1.29 is 13.2 Å². The van der Waals surface area contributed by atoms with Crippen LogP contribution in [0, 0.1) is 0 Å². The smallest absolute Gasteiger partial charge is 0.147 e. The fraction of sp³-hybridized carbons (Fsp3) is 1.00. The molecule has 1 atom stereocenters. The molecule has 0 spiro atoms. The lowest BCUT2D eigenvalue weighted by molar-refractivity contribution is 0.00650. The minimum atomic E-state index is -2.84. The molecule has 0 bridgehead atoms. The minimum Gasteiger partial charge on any atom is -0.379 e. The monoisotopic (exact) mass is 265 g/mol. The molecule has 104 valence electrons. The first-order valence-electron chi connectivity index (χ1n) is 6.16. The largest absolute Gasteiger partial charge is 0.379 e. The normalized spacial score (nSPS) is 14.9. The van der Waals surface area contributed by atoms with Crippen molar-refractivity contribution in [3.8, 4) is 0 Å². The number of hydrogen-bond acceptors (Lipinski definition) is 4. The molecule has 0 amide bonds. The molecule has 0 aliphatic heterocycles. The number of hydrogen-bond donors (Lipinski definition) is 1. The third-order valence-electron chi connectivity index (χ3n) is 2.85. The summed E-state index contributed by atoms with van der Waals surface area (Å²) in [6.45, 7) is 7.05. The van der Waals surface area contributed by atoms with E-state index in [2.05, 4.69) is 12.2 Å². The second kappa shape index (κ2) is 7.34. The molecule has 4 nitrogen and oxygen atoms in total. The number of methoxy groups -OCH3 is 1. The highest BCUT2D eigenvalue weighted by Crippen LogP contribution is 2.18. The van der Waals surface area contributed by atoms with Crippen molar-refractivity contribution in [2.24, 2.45) is 0 Å². The van der Waals surface area contributed by atoms with E-state index in [-0.39, 0.29) is 11.4 Å². The van der Waals surface area contributed by atoms with Crippen LogP contribution in [0.4, 0.5) is 0 Å². The number of ether oxygens (including phenoxy) is 1. The van der Waals surface area contributed by atoms with Crippen LogP contribution in [-0.4, -0.2) is 45.7 Å². The van der Waals surface area contributed by atoms with E-state index in [1.54, 1.807) is 7.11 Å². The van der Waals surface area contributed by atoms with E-state index in [4.69, 9.17) is 4.74 Å². The van der Waals surface area contributed by atoms with Crippen LogP contribution in [0.15, 0.2) is 0 Å². The maximum absolute atomic E-state index is 11.1. The van der Waals surface area contributed by atoms with Crippen LogP contribution in [-0.2, 0) is 14.6 Å². The lowest BCUT2D eigenvalue weighted by Gasteiger charge is -2.29. The van der Waals surface area contributed by atoms with E-state index >= 15 is 0 Å². The van der Waals surface area contributed by atoms with E-state index in [0.717, 1.165) is 19.4 Å². The van der Waals surface area contributed by atoms with Crippen LogP contribution >= 0.6 is 0 Å². The molecule has 0 heterocycles. The molecule has 1 unspecified atom stereocenters. The Kier molecular flexibility index (Phi) is 7.28. The third kappa shape index (κ3) is 9.56. The van der Waals surface area contributed by atoms with Gasteiger partial charge in [0.1, 0.15) is 9.84 Å². The molecule has 0 aliphatic rings. The Morgan fingerprint density at radius 1 is 1.35 bits per heavy atom. The Labute approximate surface area is 106 Å². The Morgan fingerprint density at radius 2 is 1.94 bits per heavy atom. The second-order valence-corrected chi connectivity index (χ2v) is 7.45. The first-order valence-corrected chi connectivity index (χ1v) is 8.22. The summed E-state index contributed by atoms with van der Waals surface area (Å²) in [5.41, 5.74) is -0.169. The second-order valence-electron chi connectivity index (χ2n) is 5.19. The fourth-order valence-corrected chi connectivity index (χ4v) is 2.52. The molecular weight excluding hydrogens is 238 g/mol. The van der Waals surface area contributed by atoms with Crippen molar-refractivity contribution in [3.05, 3.63) is 0 Å². The topological polar surface area (TPSA) is 55.4 Å². The van der Waals surface area contributed by atoms with Crippen molar-refractivity contribution in [1.82, 2.24) is 5.32 Å². The Balaban J connectivity index is 4.16. The van der Waals surface area contributed by atoms with Crippen LogP contribution in [0.3, 0.4) is 0 Å². The molecule has 0 saturated carbocycles. The standard InChI is InChI=1S/C12H27NO3S/c1-6-13-11(10-12(2,3)16-4)8-7-9-17(5,14)15/h11,13H,6-10H2,1-5H3. The highest BCUT2D eigenvalue weighted by molar-refractivity contribution is 7.90. The van der Waals surface area contributed by atoms with Crippen LogP contribution in [0.5, 0.6) is 0 Å². The van der Waals surface area contributed by atoms with E-state index in [0.29, 0.717) is 12.5 Å². The molecule has 0 aliphatic carbocycles. The summed E-state index contributed by atoms with van der Waals surface area (Å²) >= 11 is 0. The molecular formula is C12H27NO3S. The predicted molar refractivity (Wildman–Crippen MR) is 72.1 cm³/mol. The lowest BCUT2D eigenvalue weighted by Crippen LogP contribution is -2.37. The SMILES string of the molecule is CCNC(CCCS(C)(=O)=O)CC(C)(C)OC. The Morgan fingerprint density at radius 3 is 2.35 bits per heavy atom. The summed E-state index contributed by atoms with van der Waals surface area (Å²) < 4.78 is 27.5. The van der Waals surface area contributed by atoms with Gasteiger partial charge in [0.2, 0.25) is 0 Å². The molecule has 0 radical (unpaired) electrons. The first-order chi connectivity index (χ1) is 7.70. The quantitative estimate of drug-likeness (QED) is 0.688. The van der Waals surface area contributed by atoms with Gasteiger partial charge in [0.05, 0.1) is 5.60 Å². The van der Waals surface area contributed by atoms with Gasteiger partial charge in [0.15, 0.2) is 0 Å². The Bertz CT molecular complexity index is 299. The van der Waals surface area contributed by atoms with E-state index < -0.39 is 9.84 Å². The molecule has 0 aromatic heterocycles. The van der Waals surface area contributed by atoms with Crippen LogP contribution in [0.25, 0.3) is 0 Å². The molecule has 0 saturated heterocycles. The maximum atomic E-state index is 11.1. The van der Waals surface area contributed by atoms with Gasteiger partial charge >= 0.3 is 0 Å². The van der Waals surface area contributed by atoms with Gasteiger partial charge in [-0.15, -0.1) is 0 Å². The highest BCUT2D eigenvalue weighted by Gasteiger charge is 2.22. The zero-order valence-corrected chi connectivity index (χ0v) is 12.6. The van der Waals surface area contributed by atoms with Crippen LogP contribution in [0.1, 0.15) is 40.0 Å². The average Bonchev–Trinajstić information content (AvgIpc) is 2.15. The fourth-order valence-electron chi connectivity index (χ4n) is 1.83. The van der Waals surface area contributed by atoms with Crippen LogP contribution < -0.4 is 5.32 Å². The summed E-state index contributed by atoms with van der Waals surface area (Å²) in [5.74, 6) is 0.266. The summed E-state index contributed by atoms with van der Waals surface area (Å²) in [6.07, 6.45) is 3.75.